The van der Waals surface area contributed by atoms with Gasteiger partial charge in [0.1, 0.15) is 11.9 Å². The summed E-state index contributed by atoms with van der Waals surface area (Å²) < 4.78 is 45.4. The molecule has 1 aromatic heterocycles. The smallest absolute Gasteiger partial charge is 0.243 e. The Bertz CT molecular complexity index is 794. The number of halogens is 2. The highest BCUT2D eigenvalue weighted by Gasteiger charge is 2.38. The van der Waals surface area contributed by atoms with Crippen molar-refractivity contribution in [1.82, 2.24) is 9.29 Å². The molecule has 0 atom stereocenters. The number of hydrogen-bond donors (Lipinski definition) is 0. The second-order valence-electron chi connectivity index (χ2n) is 4.81. The molecule has 0 radical (unpaired) electrons. The molecule has 0 unspecified atom stereocenters. The van der Waals surface area contributed by atoms with Crippen LogP contribution < -0.4 is 4.74 Å². The molecule has 1 saturated heterocycles. The average molecular weight is 387 g/mol. The molecule has 1 fully saturated rings. The van der Waals surface area contributed by atoms with Crippen molar-refractivity contribution in [3.05, 3.63) is 52.9 Å². The standard InChI is InChI=1S/C14H12BrFN2O3S/c15-13-5-2-6-17-14(13)21-11-8-18(9-11)22(19,20)12-4-1-3-10(16)7-12/h1-7,11H,8-9H2. The molecular weight excluding hydrogens is 375 g/mol. The van der Waals surface area contributed by atoms with Gasteiger partial charge in [0, 0.05) is 6.20 Å². The summed E-state index contributed by atoms with van der Waals surface area (Å²) in [6.07, 6.45) is 1.33. The topological polar surface area (TPSA) is 59.5 Å². The van der Waals surface area contributed by atoms with Crippen molar-refractivity contribution in [3.63, 3.8) is 0 Å². The second kappa shape index (κ2) is 5.94. The van der Waals surface area contributed by atoms with Gasteiger partial charge in [0.05, 0.1) is 22.5 Å². The van der Waals surface area contributed by atoms with E-state index in [9.17, 15) is 12.8 Å². The van der Waals surface area contributed by atoms with Crippen LogP contribution in [0.5, 0.6) is 5.88 Å². The fourth-order valence-electron chi connectivity index (χ4n) is 2.06. The number of aromatic nitrogens is 1. The Kier molecular flexibility index (Phi) is 4.16. The van der Waals surface area contributed by atoms with Crippen molar-refractivity contribution in [1.29, 1.82) is 0 Å². The Morgan fingerprint density at radius 1 is 1.27 bits per heavy atom. The fourth-order valence-corrected chi connectivity index (χ4v) is 3.95. The molecule has 0 aliphatic carbocycles. The quantitative estimate of drug-likeness (QED) is 0.809. The highest BCUT2D eigenvalue weighted by atomic mass is 79.9. The van der Waals surface area contributed by atoms with E-state index in [2.05, 4.69) is 20.9 Å². The number of benzene rings is 1. The van der Waals surface area contributed by atoms with Crippen molar-refractivity contribution in [2.45, 2.75) is 11.0 Å². The molecule has 1 aliphatic rings. The third-order valence-corrected chi connectivity index (χ3v) is 5.68. The van der Waals surface area contributed by atoms with E-state index in [0.29, 0.717) is 10.4 Å². The maximum Gasteiger partial charge on any atom is 0.243 e. The van der Waals surface area contributed by atoms with Crippen LogP contribution in [-0.2, 0) is 10.0 Å². The van der Waals surface area contributed by atoms with Crippen LogP contribution in [0.1, 0.15) is 0 Å². The molecule has 0 N–H and O–H groups in total. The van der Waals surface area contributed by atoms with Crippen molar-refractivity contribution in [2.75, 3.05) is 13.1 Å². The minimum absolute atomic E-state index is 0.0510. The third kappa shape index (κ3) is 2.99. The van der Waals surface area contributed by atoms with Crippen LogP contribution in [0.4, 0.5) is 4.39 Å². The van der Waals surface area contributed by atoms with Crippen molar-refractivity contribution in [2.24, 2.45) is 0 Å². The van der Waals surface area contributed by atoms with Gasteiger partial charge >= 0.3 is 0 Å². The Hall–Kier alpha value is -1.51. The zero-order valence-electron chi connectivity index (χ0n) is 11.3. The van der Waals surface area contributed by atoms with E-state index >= 15 is 0 Å². The van der Waals surface area contributed by atoms with Crippen LogP contribution in [0, 0.1) is 5.82 Å². The monoisotopic (exact) mass is 386 g/mol. The third-order valence-electron chi connectivity index (χ3n) is 3.25. The van der Waals surface area contributed by atoms with Gasteiger partial charge in [0.2, 0.25) is 15.9 Å². The molecular formula is C14H12BrFN2O3S. The Labute approximate surface area is 135 Å². The molecule has 5 nitrogen and oxygen atoms in total. The predicted molar refractivity (Wildman–Crippen MR) is 81.5 cm³/mol. The summed E-state index contributed by atoms with van der Waals surface area (Å²) in [6, 6.07) is 8.53. The molecule has 0 bridgehead atoms. The van der Waals surface area contributed by atoms with Gasteiger partial charge < -0.3 is 4.74 Å². The van der Waals surface area contributed by atoms with Gasteiger partial charge in [-0.05, 0) is 46.3 Å². The van der Waals surface area contributed by atoms with Crippen LogP contribution in [0.3, 0.4) is 0 Å². The molecule has 0 spiro atoms. The maximum absolute atomic E-state index is 13.2. The van der Waals surface area contributed by atoms with Gasteiger partial charge in [-0.2, -0.15) is 4.31 Å². The lowest BCUT2D eigenvalue weighted by Gasteiger charge is -2.37. The minimum Gasteiger partial charge on any atom is -0.471 e. The van der Waals surface area contributed by atoms with Crippen molar-refractivity contribution in [3.8, 4) is 5.88 Å². The van der Waals surface area contributed by atoms with Crippen LogP contribution in [0.2, 0.25) is 0 Å². The normalized spacial score (nSPS) is 16.3. The second-order valence-corrected chi connectivity index (χ2v) is 7.60. The van der Waals surface area contributed by atoms with Crippen LogP contribution in [0.25, 0.3) is 0 Å². The summed E-state index contributed by atoms with van der Waals surface area (Å²) in [5, 5.41) is 0. The first-order chi connectivity index (χ1) is 10.5. The molecule has 8 heteroatoms. The first-order valence-corrected chi connectivity index (χ1v) is 8.73. The molecule has 3 rings (SSSR count). The maximum atomic E-state index is 13.2. The summed E-state index contributed by atoms with van der Waals surface area (Å²) in [7, 11) is -3.68. The van der Waals surface area contributed by atoms with Crippen LogP contribution in [-0.4, -0.2) is 36.9 Å². The number of hydrogen-bond acceptors (Lipinski definition) is 4. The summed E-state index contributed by atoms with van der Waals surface area (Å²) in [5.41, 5.74) is 0. The fraction of sp³-hybridized carbons (Fsp3) is 0.214. The van der Waals surface area contributed by atoms with Gasteiger partial charge in [0.25, 0.3) is 0 Å². The largest absolute Gasteiger partial charge is 0.471 e. The van der Waals surface area contributed by atoms with E-state index in [1.54, 1.807) is 18.3 Å². The summed E-state index contributed by atoms with van der Waals surface area (Å²) in [4.78, 5) is 4.02. The molecule has 0 amide bonds. The highest BCUT2D eigenvalue weighted by Crippen LogP contribution is 2.27. The molecule has 22 heavy (non-hydrogen) atoms. The van der Waals surface area contributed by atoms with Crippen LogP contribution >= 0.6 is 15.9 Å². The molecule has 1 aromatic carbocycles. The zero-order chi connectivity index (χ0) is 15.7. The lowest BCUT2D eigenvalue weighted by atomic mass is 10.2. The summed E-state index contributed by atoms with van der Waals surface area (Å²) in [6.45, 7) is 0.420. The Balaban J connectivity index is 1.67. The molecule has 2 aromatic rings. The average Bonchev–Trinajstić information content (AvgIpc) is 2.44. The number of nitrogens with zero attached hydrogens (tertiary/aromatic N) is 2. The summed E-state index contributed by atoms with van der Waals surface area (Å²) in [5.74, 6) is -0.151. The Morgan fingerprint density at radius 2 is 2.05 bits per heavy atom. The van der Waals surface area contributed by atoms with E-state index in [1.165, 1.54) is 22.5 Å². The van der Waals surface area contributed by atoms with Gasteiger partial charge in [0.15, 0.2) is 0 Å². The molecule has 1 aliphatic heterocycles. The van der Waals surface area contributed by atoms with Gasteiger partial charge in [-0.15, -0.1) is 0 Å². The van der Waals surface area contributed by atoms with Crippen LogP contribution in [0.15, 0.2) is 52.0 Å². The minimum atomic E-state index is -3.68. The van der Waals surface area contributed by atoms with E-state index in [-0.39, 0.29) is 24.1 Å². The molecule has 116 valence electrons. The number of rotatable bonds is 4. The zero-order valence-corrected chi connectivity index (χ0v) is 13.7. The number of ether oxygens (including phenoxy) is 1. The van der Waals surface area contributed by atoms with E-state index in [4.69, 9.17) is 4.74 Å². The van der Waals surface area contributed by atoms with Gasteiger partial charge in [-0.1, -0.05) is 6.07 Å². The number of pyridine rings is 1. The SMILES string of the molecule is O=S(=O)(c1cccc(F)c1)N1CC(Oc2ncccc2Br)C1. The first kappa shape index (κ1) is 15.4. The van der Waals surface area contributed by atoms with Gasteiger partial charge in [-0.3, -0.25) is 0 Å². The van der Waals surface area contributed by atoms with Crippen molar-refractivity contribution >= 4 is 26.0 Å². The molecule has 0 saturated carbocycles. The van der Waals surface area contributed by atoms with E-state index in [1.807, 2.05) is 0 Å². The Morgan fingerprint density at radius 3 is 2.73 bits per heavy atom. The number of sulfonamides is 1. The van der Waals surface area contributed by atoms with Crippen molar-refractivity contribution < 1.29 is 17.5 Å². The predicted octanol–water partition coefficient (Wildman–Crippen LogP) is 2.44. The molecule has 2 heterocycles. The van der Waals surface area contributed by atoms with E-state index < -0.39 is 15.8 Å². The van der Waals surface area contributed by atoms with E-state index in [0.717, 1.165) is 6.07 Å². The highest BCUT2D eigenvalue weighted by molar-refractivity contribution is 9.10. The lowest BCUT2D eigenvalue weighted by molar-refractivity contribution is 0.0713. The first-order valence-electron chi connectivity index (χ1n) is 6.50. The lowest BCUT2D eigenvalue weighted by Crippen LogP contribution is -2.56. The summed E-state index contributed by atoms with van der Waals surface area (Å²) >= 11 is 3.32. The van der Waals surface area contributed by atoms with Gasteiger partial charge in [-0.25, -0.2) is 17.8 Å².